The highest BCUT2D eigenvalue weighted by Gasteiger charge is 2.30. The molecule has 0 bridgehead atoms. The van der Waals surface area contributed by atoms with Crippen molar-refractivity contribution in [3.8, 4) is 17.4 Å². The highest BCUT2D eigenvalue weighted by atomic mass is 19.4. The fourth-order valence-corrected chi connectivity index (χ4v) is 2.73. The molecule has 146 valence electrons. The van der Waals surface area contributed by atoms with Crippen molar-refractivity contribution in [2.24, 2.45) is 0 Å². The summed E-state index contributed by atoms with van der Waals surface area (Å²) in [4.78, 5) is 21.2. The van der Waals surface area contributed by atoms with Crippen LogP contribution in [0, 0.1) is 5.82 Å². The molecule has 2 aromatic heterocycles. The molecule has 0 atom stereocenters. The summed E-state index contributed by atoms with van der Waals surface area (Å²) in [6.07, 6.45) is -3.15. The van der Waals surface area contributed by atoms with Gasteiger partial charge >= 0.3 is 12.2 Å². The Kier molecular flexibility index (Phi) is 4.50. The van der Waals surface area contributed by atoms with Gasteiger partial charge in [-0.1, -0.05) is 6.07 Å². The van der Waals surface area contributed by atoms with Crippen LogP contribution in [0.2, 0.25) is 0 Å². The molecule has 0 amide bonds. The predicted molar refractivity (Wildman–Crippen MR) is 96.6 cm³/mol. The van der Waals surface area contributed by atoms with Crippen molar-refractivity contribution in [3.63, 3.8) is 0 Å². The van der Waals surface area contributed by atoms with Gasteiger partial charge in [-0.3, -0.25) is 4.79 Å². The number of ether oxygens (including phenoxy) is 1. The van der Waals surface area contributed by atoms with Gasteiger partial charge in [-0.05, 0) is 54.6 Å². The summed E-state index contributed by atoms with van der Waals surface area (Å²) >= 11 is 0. The molecular weight excluding hydrogens is 390 g/mol. The maximum absolute atomic E-state index is 13.3. The van der Waals surface area contributed by atoms with Gasteiger partial charge in [0.15, 0.2) is 5.52 Å². The quantitative estimate of drug-likeness (QED) is 0.466. The molecule has 0 unspecified atom stereocenters. The SMILES string of the molecule is O=c1c2ncccc2nc(Oc2cccc(C(F)(F)F)c2)n1-c1ccc(F)cc1. The van der Waals surface area contributed by atoms with Crippen LogP contribution in [-0.4, -0.2) is 14.5 Å². The maximum Gasteiger partial charge on any atom is 0.416 e. The smallest absolute Gasteiger partial charge is 0.416 e. The zero-order valence-electron chi connectivity index (χ0n) is 14.5. The van der Waals surface area contributed by atoms with Gasteiger partial charge in [-0.25, -0.2) is 13.9 Å². The van der Waals surface area contributed by atoms with Crippen LogP contribution >= 0.6 is 0 Å². The predicted octanol–water partition coefficient (Wildman–Crippen LogP) is 4.73. The third kappa shape index (κ3) is 3.66. The number of rotatable bonds is 3. The van der Waals surface area contributed by atoms with Gasteiger partial charge in [0, 0.05) is 6.20 Å². The van der Waals surface area contributed by atoms with E-state index in [9.17, 15) is 22.4 Å². The summed E-state index contributed by atoms with van der Waals surface area (Å²) in [5, 5.41) is 0. The second kappa shape index (κ2) is 7.01. The van der Waals surface area contributed by atoms with E-state index in [1.54, 1.807) is 6.07 Å². The molecule has 29 heavy (non-hydrogen) atoms. The molecule has 4 aromatic rings. The zero-order valence-corrected chi connectivity index (χ0v) is 14.5. The van der Waals surface area contributed by atoms with E-state index in [1.807, 2.05) is 0 Å². The Labute approximate surface area is 160 Å². The first-order chi connectivity index (χ1) is 13.8. The molecule has 2 heterocycles. The molecule has 5 nitrogen and oxygen atoms in total. The number of hydrogen-bond donors (Lipinski definition) is 0. The third-order valence-electron chi connectivity index (χ3n) is 4.05. The van der Waals surface area contributed by atoms with Crippen molar-refractivity contribution >= 4 is 11.0 Å². The van der Waals surface area contributed by atoms with Gasteiger partial charge in [0.1, 0.15) is 17.1 Å². The van der Waals surface area contributed by atoms with Gasteiger partial charge in [0.2, 0.25) is 0 Å². The Hall–Kier alpha value is -3.75. The van der Waals surface area contributed by atoms with Crippen molar-refractivity contribution in [2.75, 3.05) is 0 Å². The summed E-state index contributed by atoms with van der Waals surface area (Å²) in [6, 6.07) is 11.9. The van der Waals surface area contributed by atoms with Crippen LogP contribution in [0.15, 0.2) is 71.7 Å². The van der Waals surface area contributed by atoms with E-state index < -0.39 is 23.1 Å². The van der Waals surface area contributed by atoms with E-state index in [-0.39, 0.29) is 28.5 Å². The Morgan fingerprint density at radius 2 is 1.72 bits per heavy atom. The second-order valence-corrected chi connectivity index (χ2v) is 6.01. The van der Waals surface area contributed by atoms with E-state index >= 15 is 0 Å². The van der Waals surface area contributed by atoms with Gasteiger partial charge < -0.3 is 4.74 Å². The molecule has 0 aliphatic carbocycles. The lowest BCUT2D eigenvalue weighted by atomic mass is 10.2. The summed E-state index contributed by atoms with van der Waals surface area (Å²) in [5.41, 5.74) is -1.05. The first kappa shape index (κ1) is 18.6. The molecule has 2 aromatic carbocycles. The van der Waals surface area contributed by atoms with Gasteiger partial charge in [-0.2, -0.15) is 18.2 Å². The lowest BCUT2D eigenvalue weighted by molar-refractivity contribution is -0.137. The summed E-state index contributed by atoms with van der Waals surface area (Å²) in [6.45, 7) is 0. The Balaban J connectivity index is 1.90. The lowest BCUT2D eigenvalue weighted by Crippen LogP contribution is -2.22. The van der Waals surface area contributed by atoms with E-state index in [0.717, 1.165) is 28.8 Å². The molecule has 4 rings (SSSR count). The Morgan fingerprint density at radius 3 is 2.45 bits per heavy atom. The third-order valence-corrected chi connectivity index (χ3v) is 4.05. The van der Waals surface area contributed by atoms with Gasteiger partial charge in [-0.15, -0.1) is 0 Å². The molecule has 0 saturated carbocycles. The standard InChI is InChI=1S/C20H11F4N3O2/c21-13-6-8-14(9-7-13)27-18(28)17-16(5-2-10-25-17)26-19(27)29-15-4-1-3-12(11-15)20(22,23)24/h1-11H. The van der Waals surface area contributed by atoms with Crippen molar-refractivity contribution in [1.82, 2.24) is 14.5 Å². The fourth-order valence-electron chi connectivity index (χ4n) is 2.73. The molecule has 0 N–H and O–H groups in total. The molecule has 0 fully saturated rings. The maximum atomic E-state index is 13.3. The van der Waals surface area contributed by atoms with E-state index in [4.69, 9.17) is 4.74 Å². The number of alkyl halides is 3. The average molecular weight is 401 g/mol. The van der Waals surface area contributed by atoms with Crippen LogP contribution in [0.1, 0.15) is 5.56 Å². The number of benzene rings is 2. The van der Waals surface area contributed by atoms with Crippen molar-refractivity contribution in [3.05, 3.63) is 88.6 Å². The number of fused-ring (bicyclic) bond motifs is 1. The van der Waals surface area contributed by atoms with Crippen molar-refractivity contribution < 1.29 is 22.3 Å². The van der Waals surface area contributed by atoms with Crippen LogP contribution < -0.4 is 10.3 Å². The van der Waals surface area contributed by atoms with Crippen LogP contribution in [0.25, 0.3) is 16.7 Å². The molecule has 0 aliphatic heterocycles. The second-order valence-electron chi connectivity index (χ2n) is 6.01. The normalized spacial score (nSPS) is 11.6. The number of hydrogen-bond acceptors (Lipinski definition) is 4. The Morgan fingerprint density at radius 1 is 0.966 bits per heavy atom. The minimum atomic E-state index is -4.56. The summed E-state index contributed by atoms with van der Waals surface area (Å²) < 4.78 is 58.9. The van der Waals surface area contributed by atoms with Gasteiger partial charge in [0.25, 0.3) is 5.56 Å². The largest absolute Gasteiger partial charge is 0.425 e. The molecule has 0 spiro atoms. The van der Waals surface area contributed by atoms with Crippen LogP contribution in [-0.2, 0) is 6.18 Å². The first-order valence-corrected chi connectivity index (χ1v) is 8.32. The van der Waals surface area contributed by atoms with E-state index in [1.165, 1.54) is 36.5 Å². The molecule has 0 radical (unpaired) electrons. The molecule has 0 aliphatic rings. The summed E-state index contributed by atoms with van der Waals surface area (Å²) in [7, 11) is 0. The van der Waals surface area contributed by atoms with Crippen LogP contribution in [0.3, 0.4) is 0 Å². The average Bonchev–Trinajstić information content (AvgIpc) is 2.69. The molecular formula is C20H11F4N3O2. The number of pyridine rings is 1. The molecule has 0 saturated heterocycles. The Bertz CT molecular complexity index is 1250. The minimum absolute atomic E-state index is 0.0354. The zero-order chi connectivity index (χ0) is 20.6. The van der Waals surface area contributed by atoms with Crippen LogP contribution in [0.4, 0.5) is 17.6 Å². The lowest BCUT2D eigenvalue weighted by Gasteiger charge is -2.14. The topological polar surface area (TPSA) is 57.0 Å². The highest BCUT2D eigenvalue weighted by molar-refractivity contribution is 5.73. The minimum Gasteiger partial charge on any atom is -0.425 e. The first-order valence-electron chi connectivity index (χ1n) is 8.32. The number of aromatic nitrogens is 3. The highest BCUT2D eigenvalue weighted by Crippen LogP contribution is 2.32. The van der Waals surface area contributed by atoms with E-state index in [2.05, 4.69) is 9.97 Å². The summed E-state index contributed by atoms with van der Waals surface area (Å²) in [5.74, 6) is -0.681. The van der Waals surface area contributed by atoms with Gasteiger partial charge in [0.05, 0.1) is 11.3 Å². The number of halogens is 4. The van der Waals surface area contributed by atoms with E-state index in [0.29, 0.717) is 0 Å². The fraction of sp³-hybridized carbons (Fsp3) is 0.0500. The monoisotopic (exact) mass is 401 g/mol. The number of nitrogens with zero attached hydrogens (tertiary/aromatic N) is 3. The van der Waals surface area contributed by atoms with Crippen molar-refractivity contribution in [1.29, 1.82) is 0 Å². The van der Waals surface area contributed by atoms with Crippen molar-refractivity contribution in [2.45, 2.75) is 6.18 Å². The van der Waals surface area contributed by atoms with Crippen LogP contribution in [0.5, 0.6) is 11.8 Å². The molecule has 9 heteroatoms.